The lowest BCUT2D eigenvalue weighted by Crippen LogP contribution is -2.78. The number of piperidine rings is 1. The SMILES string of the molecule is CN(C(=O)/C=C/c1cc(Br)cs1)C1CC[C@@]2(O)[C@H]3Cc4ccc(O)c5c4[C@@]2(CCN3CCc2ccccc2)C1O5. The van der Waals surface area contributed by atoms with Crippen molar-refractivity contribution in [2.24, 2.45) is 0 Å². The first-order valence-corrected chi connectivity index (χ1v) is 15.7. The highest BCUT2D eigenvalue weighted by atomic mass is 79.9. The number of likely N-dealkylation sites (tertiary alicyclic amines) is 1. The van der Waals surface area contributed by atoms with E-state index in [4.69, 9.17) is 4.74 Å². The predicted molar refractivity (Wildman–Crippen MR) is 160 cm³/mol. The van der Waals surface area contributed by atoms with E-state index in [1.54, 1.807) is 28.4 Å². The van der Waals surface area contributed by atoms with Gasteiger partial charge < -0.3 is 19.8 Å². The van der Waals surface area contributed by atoms with E-state index < -0.39 is 17.1 Å². The molecule has 6 nitrogen and oxygen atoms in total. The van der Waals surface area contributed by atoms with Crippen molar-refractivity contribution in [2.75, 3.05) is 20.1 Å². The lowest BCUT2D eigenvalue weighted by molar-refractivity contribution is -0.199. The van der Waals surface area contributed by atoms with Crippen molar-refractivity contribution in [3.63, 3.8) is 0 Å². The van der Waals surface area contributed by atoms with Crippen LogP contribution in [0.3, 0.4) is 0 Å². The first-order valence-electron chi connectivity index (χ1n) is 14.0. The Bertz CT molecular complexity index is 1490. The number of rotatable bonds is 6. The first-order chi connectivity index (χ1) is 19.3. The van der Waals surface area contributed by atoms with Crippen molar-refractivity contribution >= 4 is 39.2 Å². The van der Waals surface area contributed by atoms with Crippen LogP contribution >= 0.6 is 27.3 Å². The molecule has 0 radical (unpaired) electrons. The fourth-order valence-corrected chi connectivity index (χ4v) is 9.37. The normalized spacial score (nSPS) is 30.2. The van der Waals surface area contributed by atoms with Crippen LogP contribution in [0.25, 0.3) is 6.08 Å². The van der Waals surface area contributed by atoms with Crippen LogP contribution < -0.4 is 4.74 Å². The molecule has 4 aliphatic rings. The van der Waals surface area contributed by atoms with Gasteiger partial charge in [0.15, 0.2) is 11.5 Å². The molecular formula is C32H33BrN2O4S. The number of ether oxygens (including phenoxy) is 1. The molecular weight excluding hydrogens is 588 g/mol. The van der Waals surface area contributed by atoms with E-state index in [-0.39, 0.29) is 23.7 Å². The minimum Gasteiger partial charge on any atom is -0.504 e. The average Bonchev–Trinajstić information content (AvgIpc) is 3.53. The van der Waals surface area contributed by atoms with E-state index in [0.29, 0.717) is 18.6 Å². The van der Waals surface area contributed by atoms with Crippen molar-refractivity contribution in [2.45, 2.75) is 61.3 Å². The van der Waals surface area contributed by atoms with Gasteiger partial charge in [0, 0.05) is 46.0 Å². The molecule has 8 heteroatoms. The summed E-state index contributed by atoms with van der Waals surface area (Å²) in [5, 5.41) is 25.6. The van der Waals surface area contributed by atoms with E-state index in [0.717, 1.165) is 52.8 Å². The molecule has 208 valence electrons. The number of amides is 1. The summed E-state index contributed by atoms with van der Waals surface area (Å²) in [6.07, 6.45) is 6.64. The van der Waals surface area contributed by atoms with Crippen LogP contribution in [0.1, 0.15) is 40.8 Å². The van der Waals surface area contributed by atoms with Gasteiger partial charge in [0.1, 0.15) is 6.10 Å². The van der Waals surface area contributed by atoms with E-state index in [1.807, 2.05) is 36.7 Å². The molecule has 2 aromatic carbocycles. The van der Waals surface area contributed by atoms with E-state index in [2.05, 4.69) is 45.1 Å². The number of hydrogen-bond donors (Lipinski definition) is 2. The highest BCUT2D eigenvalue weighted by molar-refractivity contribution is 9.10. The molecule has 1 amide bonds. The van der Waals surface area contributed by atoms with Crippen LogP contribution in [-0.2, 0) is 23.1 Å². The molecule has 2 bridgehead atoms. The molecule has 3 heterocycles. The first kappa shape index (κ1) is 26.3. The maximum absolute atomic E-state index is 13.4. The largest absolute Gasteiger partial charge is 0.504 e. The molecule has 2 aliphatic heterocycles. The summed E-state index contributed by atoms with van der Waals surface area (Å²) < 4.78 is 7.64. The maximum atomic E-state index is 13.4. The van der Waals surface area contributed by atoms with E-state index in [1.165, 1.54) is 5.56 Å². The fourth-order valence-electron chi connectivity index (χ4n) is 8.04. The second-order valence-electron chi connectivity index (χ2n) is 11.7. The Balaban J connectivity index is 1.22. The van der Waals surface area contributed by atoms with Crippen molar-refractivity contribution in [1.82, 2.24) is 9.80 Å². The molecule has 2 N–H and O–H groups in total. The third-order valence-electron chi connectivity index (χ3n) is 9.90. The van der Waals surface area contributed by atoms with Crippen molar-refractivity contribution in [3.8, 4) is 11.5 Å². The molecule has 7 rings (SSSR count). The average molecular weight is 622 g/mol. The molecule has 2 aliphatic carbocycles. The highest BCUT2D eigenvalue weighted by Gasteiger charge is 2.73. The number of phenolic OH excluding ortho intramolecular Hbond substituents is 1. The van der Waals surface area contributed by atoms with Gasteiger partial charge in [-0.3, -0.25) is 9.69 Å². The third-order valence-corrected chi connectivity index (χ3v) is 11.6. The van der Waals surface area contributed by atoms with Crippen LogP contribution in [0.4, 0.5) is 0 Å². The minimum absolute atomic E-state index is 0.0433. The molecule has 1 saturated carbocycles. The molecule has 1 aromatic heterocycles. The summed E-state index contributed by atoms with van der Waals surface area (Å²) in [6.45, 7) is 1.72. The Morgan fingerprint density at radius 3 is 2.85 bits per heavy atom. The maximum Gasteiger partial charge on any atom is 0.246 e. The van der Waals surface area contributed by atoms with Crippen molar-refractivity contribution in [1.29, 1.82) is 0 Å². The minimum atomic E-state index is -1.00. The summed E-state index contributed by atoms with van der Waals surface area (Å²) >= 11 is 5.05. The Labute approximate surface area is 247 Å². The summed E-state index contributed by atoms with van der Waals surface area (Å²) in [6, 6.07) is 16.0. The van der Waals surface area contributed by atoms with Crippen LogP contribution in [0.2, 0.25) is 0 Å². The second kappa shape index (κ2) is 9.72. The number of aromatic hydroxyl groups is 1. The van der Waals surface area contributed by atoms with Gasteiger partial charge in [0.2, 0.25) is 5.91 Å². The number of aliphatic hydroxyl groups is 1. The number of carbonyl (C=O) groups is 1. The number of thiophene rings is 1. The highest BCUT2D eigenvalue weighted by Crippen LogP contribution is 2.65. The summed E-state index contributed by atoms with van der Waals surface area (Å²) in [5.74, 6) is 0.530. The van der Waals surface area contributed by atoms with E-state index in [9.17, 15) is 15.0 Å². The fraction of sp³-hybridized carbons (Fsp3) is 0.406. The van der Waals surface area contributed by atoms with Gasteiger partial charge in [-0.2, -0.15) is 0 Å². The number of carbonyl (C=O) groups excluding carboxylic acids is 1. The second-order valence-corrected chi connectivity index (χ2v) is 13.5. The molecule has 1 spiro atoms. The summed E-state index contributed by atoms with van der Waals surface area (Å²) in [4.78, 5) is 18.7. The van der Waals surface area contributed by atoms with Crippen LogP contribution in [0, 0.1) is 0 Å². The Hall–Kier alpha value is -2.65. The van der Waals surface area contributed by atoms with Gasteiger partial charge in [0.05, 0.1) is 17.1 Å². The Morgan fingerprint density at radius 2 is 2.08 bits per heavy atom. The number of halogens is 1. The predicted octanol–water partition coefficient (Wildman–Crippen LogP) is 5.15. The standard InChI is InChI=1S/C32H33BrN2O4S/c1-34(27(37)10-8-23-18-22(33)19-40-23)24-11-13-32(38)26-17-21-7-9-25(36)29-28(21)31(32,30(24)39-29)14-16-35(26)15-12-20-5-3-2-4-6-20/h2-10,18-19,24,26,30,36,38H,11-17H2,1H3/b10-8+/t24?,26-,30?,31+,32-/m1/s1. The molecule has 3 aromatic rings. The topological polar surface area (TPSA) is 73.2 Å². The van der Waals surface area contributed by atoms with Crippen molar-refractivity contribution < 1.29 is 19.7 Å². The lowest BCUT2D eigenvalue weighted by Gasteiger charge is -2.64. The quantitative estimate of drug-likeness (QED) is 0.373. The molecule has 40 heavy (non-hydrogen) atoms. The van der Waals surface area contributed by atoms with Gasteiger partial charge in [-0.05, 0) is 83.9 Å². The molecule has 1 saturated heterocycles. The van der Waals surface area contributed by atoms with Crippen LogP contribution in [0.5, 0.6) is 11.5 Å². The van der Waals surface area contributed by atoms with Gasteiger partial charge in [-0.1, -0.05) is 36.4 Å². The molecule has 2 fully saturated rings. The monoisotopic (exact) mass is 620 g/mol. The zero-order chi connectivity index (χ0) is 27.6. The molecule has 2 unspecified atom stereocenters. The van der Waals surface area contributed by atoms with Gasteiger partial charge >= 0.3 is 0 Å². The van der Waals surface area contributed by atoms with Crippen LogP contribution in [-0.4, -0.2) is 69.8 Å². The van der Waals surface area contributed by atoms with Gasteiger partial charge in [0.25, 0.3) is 0 Å². The Kier molecular flexibility index (Phi) is 6.38. The molecule has 5 atom stereocenters. The van der Waals surface area contributed by atoms with Crippen molar-refractivity contribution in [3.05, 3.63) is 86.0 Å². The summed E-state index contributed by atoms with van der Waals surface area (Å²) in [5.41, 5.74) is 1.75. The number of nitrogens with zero attached hydrogens (tertiary/aromatic N) is 2. The zero-order valence-electron chi connectivity index (χ0n) is 22.4. The zero-order valence-corrected chi connectivity index (χ0v) is 24.8. The van der Waals surface area contributed by atoms with Gasteiger partial charge in [-0.25, -0.2) is 0 Å². The third kappa shape index (κ3) is 3.83. The number of likely N-dealkylation sites (N-methyl/N-ethyl adjacent to an activating group) is 1. The van der Waals surface area contributed by atoms with E-state index >= 15 is 0 Å². The number of hydrogen-bond acceptors (Lipinski definition) is 6. The lowest BCUT2D eigenvalue weighted by atomic mass is 9.48. The number of benzene rings is 2. The number of phenols is 1. The summed E-state index contributed by atoms with van der Waals surface area (Å²) in [7, 11) is 1.84. The Morgan fingerprint density at radius 1 is 1.25 bits per heavy atom. The smallest absolute Gasteiger partial charge is 0.246 e. The van der Waals surface area contributed by atoms with Gasteiger partial charge in [-0.15, -0.1) is 11.3 Å². The van der Waals surface area contributed by atoms with Crippen LogP contribution in [0.15, 0.2) is 64.5 Å².